The van der Waals surface area contributed by atoms with Crippen LogP contribution < -0.4 is 4.74 Å². The quantitative estimate of drug-likeness (QED) is 0.465. The fourth-order valence-corrected chi connectivity index (χ4v) is 5.54. The standard InChI is InChI=1S/C24H27FN4O5S/c1-3-33-20-10-6-17(7-11-20)23-26-22(34-27-23)16-28(2)24(30)18-5-4-14-29(15-18)35(31,32)21-12-8-19(25)9-13-21/h6-13,18H,3-5,14-16H2,1-2H3. The smallest absolute Gasteiger partial charge is 0.246 e. The van der Waals surface area contributed by atoms with Crippen LogP contribution in [0.25, 0.3) is 11.4 Å². The van der Waals surface area contributed by atoms with Gasteiger partial charge in [-0.2, -0.15) is 9.29 Å². The average molecular weight is 503 g/mol. The van der Waals surface area contributed by atoms with Crippen molar-refractivity contribution in [2.75, 3.05) is 26.7 Å². The maximum atomic E-state index is 13.2. The van der Waals surface area contributed by atoms with Gasteiger partial charge in [0.15, 0.2) is 0 Å². The van der Waals surface area contributed by atoms with Gasteiger partial charge in [-0.25, -0.2) is 12.8 Å². The second-order valence-corrected chi connectivity index (χ2v) is 10.3. The number of nitrogens with zero attached hydrogens (tertiary/aromatic N) is 4. The number of sulfonamides is 1. The van der Waals surface area contributed by atoms with Gasteiger partial charge in [0.05, 0.1) is 24.0 Å². The summed E-state index contributed by atoms with van der Waals surface area (Å²) in [5.74, 6) is 0.203. The van der Waals surface area contributed by atoms with E-state index in [1.807, 2.05) is 31.2 Å². The van der Waals surface area contributed by atoms with Crippen LogP contribution in [-0.2, 0) is 21.4 Å². The SMILES string of the molecule is CCOc1ccc(-c2noc(CN(C)C(=O)C3CCCN(S(=O)(=O)c4ccc(F)cc4)C3)n2)cc1. The number of carbonyl (C=O) groups excluding carboxylic acids is 1. The molecule has 186 valence electrons. The molecule has 1 amide bonds. The number of benzene rings is 2. The van der Waals surface area contributed by atoms with Crippen LogP contribution in [0.15, 0.2) is 57.9 Å². The van der Waals surface area contributed by atoms with Crippen molar-refractivity contribution in [1.29, 1.82) is 0 Å². The number of ether oxygens (including phenoxy) is 1. The van der Waals surface area contributed by atoms with Crippen molar-refractivity contribution < 1.29 is 26.9 Å². The molecule has 0 radical (unpaired) electrons. The van der Waals surface area contributed by atoms with Crippen LogP contribution in [-0.4, -0.2) is 60.4 Å². The molecule has 1 unspecified atom stereocenters. The number of rotatable bonds is 8. The Hall–Kier alpha value is -3.31. The number of hydrogen-bond donors (Lipinski definition) is 0. The average Bonchev–Trinajstić information content (AvgIpc) is 3.33. The largest absolute Gasteiger partial charge is 0.494 e. The third kappa shape index (κ3) is 5.68. The van der Waals surface area contributed by atoms with E-state index < -0.39 is 21.8 Å². The molecule has 1 saturated heterocycles. The number of halogens is 1. The highest BCUT2D eigenvalue weighted by Gasteiger charge is 2.34. The Morgan fingerprint density at radius 3 is 2.60 bits per heavy atom. The third-order valence-corrected chi connectivity index (χ3v) is 7.70. The van der Waals surface area contributed by atoms with Gasteiger partial charge in [-0.15, -0.1) is 0 Å². The van der Waals surface area contributed by atoms with Crippen molar-refractivity contribution in [2.45, 2.75) is 31.2 Å². The zero-order valence-corrected chi connectivity index (χ0v) is 20.4. The molecule has 1 aliphatic rings. The van der Waals surface area contributed by atoms with Crippen LogP contribution in [0.5, 0.6) is 5.75 Å². The molecule has 11 heteroatoms. The lowest BCUT2D eigenvalue weighted by atomic mass is 9.98. The lowest BCUT2D eigenvalue weighted by Gasteiger charge is -2.33. The number of aromatic nitrogens is 2. The van der Waals surface area contributed by atoms with E-state index in [1.165, 1.54) is 21.3 Å². The Balaban J connectivity index is 1.39. The summed E-state index contributed by atoms with van der Waals surface area (Å²) in [7, 11) is -2.20. The van der Waals surface area contributed by atoms with Crippen LogP contribution in [0.3, 0.4) is 0 Å². The molecule has 1 aliphatic heterocycles. The maximum absolute atomic E-state index is 13.2. The van der Waals surface area contributed by atoms with Crippen LogP contribution in [0.1, 0.15) is 25.7 Å². The predicted molar refractivity (Wildman–Crippen MR) is 125 cm³/mol. The van der Waals surface area contributed by atoms with Gasteiger partial charge in [0, 0.05) is 25.7 Å². The molecule has 2 aromatic carbocycles. The van der Waals surface area contributed by atoms with Gasteiger partial charge in [-0.05, 0) is 68.3 Å². The first-order valence-corrected chi connectivity index (χ1v) is 12.8. The molecular formula is C24H27FN4O5S. The van der Waals surface area contributed by atoms with Gasteiger partial charge in [0.25, 0.3) is 0 Å². The van der Waals surface area contributed by atoms with Crippen molar-refractivity contribution in [3.05, 3.63) is 60.2 Å². The lowest BCUT2D eigenvalue weighted by Crippen LogP contribution is -2.45. The van der Waals surface area contributed by atoms with Gasteiger partial charge >= 0.3 is 0 Å². The first-order valence-electron chi connectivity index (χ1n) is 11.3. The molecule has 35 heavy (non-hydrogen) atoms. The van der Waals surface area contributed by atoms with Crippen molar-refractivity contribution in [2.24, 2.45) is 5.92 Å². The molecule has 1 aromatic heterocycles. The van der Waals surface area contributed by atoms with Crippen LogP contribution in [0.4, 0.5) is 4.39 Å². The van der Waals surface area contributed by atoms with Gasteiger partial charge in [0.2, 0.25) is 27.6 Å². The predicted octanol–water partition coefficient (Wildman–Crippen LogP) is 3.33. The van der Waals surface area contributed by atoms with Crippen molar-refractivity contribution in [3.8, 4) is 17.1 Å². The summed E-state index contributed by atoms with van der Waals surface area (Å²) in [6.07, 6.45) is 1.12. The minimum absolute atomic E-state index is 0.00744. The third-order valence-electron chi connectivity index (χ3n) is 5.83. The van der Waals surface area contributed by atoms with Gasteiger partial charge < -0.3 is 14.2 Å². The highest BCUT2D eigenvalue weighted by atomic mass is 32.2. The summed E-state index contributed by atoms with van der Waals surface area (Å²) in [5, 5.41) is 3.99. The fourth-order valence-electron chi connectivity index (χ4n) is 4.01. The molecular weight excluding hydrogens is 475 g/mol. The second-order valence-electron chi connectivity index (χ2n) is 8.32. The Bertz CT molecular complexity index is 1260. The number of piperidine rings is 1. The van der Waals surface area contributed by atoms with Crippen molar-refractivity contribution in [3.63, 3.8) is 0 Å². The van der Waals surface area contributed by atoms with E-state index in [0.29, 0.717) is 31.8 Å². The van der Waals surface area contributed by atoms with Gasteiger partial charge in [-0.1, -0.05) is 5.16 Å². The minimum atomic E-state index is -3.82. The Kier molecular flexibility index (Phi) is 7.46. The summed E-state index contributed by atoms with van der Waals surface area (Å²) < 4.78 is 51.2. The summed E-state index contributed by atoms with van der Waals surface area (Å²) in [6, 6.07) is 12.0. The van der Waals surface area contributed by atoms with E-state index in [9.17, 15) is 17.6 Å². The molecule has 0 bridgehead atoms. The highest BCUT2D eigenvalue weighted by Crippen LogP contribution is 2.26. The first-order chi connectivity index (χ1) is 16.8. The lowest BCUT2D eigenvalue weighted by molar-refractivity contribution is -0.136. The summed E-state index contributed by atoms with van der Waals surface area (Å²) >= 11 is 0. The molecule has 2 heterocycles. The molecule has 0 N–H and O–H groups in total. The zero-order valence-electron chi connectivity index (χ0n) is 19.6. The van der Waals surface area contributed by atoms with Gasteiger partial charge in [-0.3, -0.25) is 4.79 Å². The molecule has 0 spiro atoms. The molecule has 0 saturated carbocycles. The molecule has 1 fully saturated rings. The monoisotopic (exact) mass is 502 g/mol. The Morgan fingerprint density at radius 2 is 1.91 bits per heavy atom. The van der Waals surface area contributed by atoms with E-state index in [4.69, 9.17) is 9.26 Å². The maximum Gasteiger partial charge on any atom is 0.246 e. The van der Waals surface area contributed by atoms with Crippen LogP contribution >= 0.6 is 0 Å². The summed E-state index contributed by atoms with van der Waals surface area (Å²) in [6.45, 7) is 2.95. The second kappa shape index (κ2) is 10.5. The number of amides is 1. The fraction of sp³-hybridized carbons (Fsp3) is 0.375. The Labute approximate surface area is 203 Å². The first kappa shape index (κ1) is 24.8. The molecule has 0 aliphatic carbocycles. The van der Waals surface area contributed by atoms with Crippen LogP contribution in [0, 0.1) is 11.7 Å². The summed E-state index contributed by atoms with van der Waals surface area (Å²) in [4.78, 5) is 18.9. The van der Waals surface area contributed by atoms with Crippen molar-refractivity contribution >= 4 is 15.9 Å². The normalized spacial score (nSPS) is 16.7. The van der Waals surface area contributed by atoms with Crippen molar-refractivity contribution in [1.82, 2.24) is 19.3 Å². The molecule has 4 rings (SSSR count). The molecule has 3 aromatic rings. The number of carbonyl (C=O) groups is 1. The highest BCUT2D eigenvalue weighted by molar-refractivity contribution is 7.89. The number of hydrogen-bond acceptors (Lipinski definition) is 7. The van der Waals surface area contributed by atoms with E-state index in [0.717, 1.165) is 23.4 Å². The van der Waals surface area contributed by atoms with Crippen LogP contribution in [0.2, 0.25) is 0 Å². The topological polar surface area (TPSA) is 106 Å². The Morgan fingerprint density at radius 1 is 1.20 bits per heavy atom. The van der Waals surface area contributed by atoms with E-state index in [1.54, 1.807) is 7.05 Å². The molecule has 1 atom stereocenters. The minimum Gasteiger partial charge on any atom is -0.494 e. The van der Waals surface area contributed by atoms with Gasteiger partial charge in [0.1, 0.15) is 11.6 Å². The van der Waals surface area contributed by atoms with E-state index in [2.05, 4.69) is 10.1 Å². The molecule has 9 nitrogen and oxygen atoms in total. The zero-order chi connectivity index (χ0) is 25.0. The van der Waals surface area contributed by atoms with E-state index in [-0.39, 0.29) is 29.8 Å². The van der Waals surface area contributed by atoms with E-state index >= 15 is 0 Å². The summed E-state index contributed by atoms with van der Waals surface area (Å²) in [5.41, 5.74) is 0.756.